The maximum atomic E-state index is 12.7. The molecule has 128 valence electrons. The van der Waals surface area contributed by atoms with Crippen molar-refractivity contribution < 1.29 is 21.6 Å². The number of hydrogen-bond donors (Lipinski definition) is 2. The van der Waals surface area contributed by atoms with Gasteiger partial charge in [0.2, 0.25) is 10.0 Å². The third-order valence-corrected chi connectivity index (χ3v) is 4.50. The quantitative estimate of drug-likeness (QED) is 0.736. The zero-order valence-corrected chi connectivity index (χ0v) is 15.1. The molecule has 1 rings (SSSR count). The van der Waals surface area contributed by atoms with Crippen LogP contribution in [-0.4, -0.2) is 27.5 Å². The van der Waals surface area contributed by atoms with Gasteiger partial charge in [-0.15, -0.1) is 12.4 Å². The van der Waals surface area contributed by atoms with Gasteiger partial charge in [-0.3, -0.25) is 0 Å². The zero-order valence-electron chi connectivity index (χ0n) is 11.9. The molecule has 1 aromatic carbocycles. The van der Waals surface area contributed by atoms with Gasteiger partial charge in [0.1, 0.15) is 0 Å². The number of rotatable bonds is 6. The lowest BCUT2D eigenvalue weighted by molar-refractivity contribution is -0.137. The van der Waals surface area contributed by atoms with Crippen molar-refractivity contribution in [3.63, 3.8) is 0 Å². The highest BCUT2D eigenvalue weighted by atomic mass is 79.9. The standard InChI is InChI=1S/C12H16BrF3N2O2S.ClH/c1-3-17-8(2)7-18-21(19,20)11-5-9(12(14,15)16)4-10(13)6-11;/h4-6,8,17-18H,3,7H2,1-2H3;1H/t8-;/m1./s1. The summed E-state index contributed by atoms with van der Waals surface area (Å²) in [6.07, 6.45) is -4.61. The highest BCUT2D eigenvalue weighted by molar-refractivity contribution is 9.10. The van der Waals surface area contributed by atoms with Gasteiger partial charge in [0.25, 0.3) is 0 Å². The Kier molecular flexibility index (Phi) is 8.35. The van der Waals surface area contributed by atoms with Crippen LogP contribution in [0.15, 0.2) is 27.6 Å². The topological polar surface area (TPSA) is 58.2 Å². The maximum Gasteiger partial charge on any atom is 0.416 e. The van der Waals surface area contributed by atoms with E-state index in [-0.39, 0.29) is 29.5 Å². The third kappa shape index (κ3) is 6.41. The van der Waals surface area contributed by atoms with Gasteiger partial charge in [-0.1, -0.05) is 22.9 Å². The van der Waals surface area contributed by atoms with E-state index in [9.17, 15) is 21.6 Å². The Labute approximate surface area is 142 Å². The second-order valence-corrected chi connectivity index (χ2v) is 7.17. The molecule has 22 heavy (non-hydrogen) atoms. The van der Waals surface area contributed by atoms with Gasteiger partial charge in [-0.2, -0.15) is 13.2 Å². The van der Waals surface area contributed by atoms with E-state index in [1.165, 1.54) is 0 Å². The van der Waals surface area contributed by atoms with Gasteiger partial charge in [-0.25, -0.2) is 13.1 Å². The van der Waals surface area contributed by atoms with E-state index in [0.717, 1.165) is 12.1 Å². The molecule has 2 N–H and O–H groups in total. The fourth-order valence-corrected chi connectivity index (χ4v) is 3.47. The Morgan fingerprint density at radius 3 is 2.36 bits per heavy atom. The molecule has 0 amide bonds. The normalized spacial score (nSPS) is 13.5. The summed E-state index contributed by atoms with van der Waals surface area (Å²) in [4.78, 5) is -0.423. The minimum absolute atomic E-state index is 0. The summed E-state index contributed by atoms with van der Waals surface area (Å²) in [6, 6.07) is 2.46. The van der Waals surface area contributed by atoms with E-state index in [1.54, 1.807) is 6.92 Å². The second-order valence-electron chi connectivity index (χ2n) is 4.48. The van der Waals surface area contributed by atoms with Crippen molar-refractivity contribution in [3.8, 4) is 0 Å². The molecular weight excluding hydrogens is 409 g/mol. The minimum atomic E-state index is -4.61. The van der Waals surface area contributed by atoms with Crippen LogP contribution in [0.3, 0.4) is 0 Å². The summed E-state index contributed by atoms with van der Waals surface area (Å²) in [5.41, 5.74) is -1.02. The van der Waals surface area contributed by atoms with Crippen LogP contribution in [0, 0.1) is 0 Å². The molecule has 0 bridgehead atoms. The fraction of sp³-hybridized carbons (Fsp3) is 0.500. The number of alkyl halides is 3. The van der Waals surface area contributed by atoms with Gasteiger partial charge in [0.05, 0.1) is 10.5 Å². The maximum absolute atomic E-state index is 12.7. The van der Waals surface area contributed by atoms with E-state index in [2.05, 4.69) is 26.0 Å². The lowest BCUT2D eigenvalue weighted by atomic mass is 10.2. The summed E-state index contributed by atoms with van der Waals surface area (Å²) < 4.78 is 64.5. The molecule has 0 aliphatic carbocycles. The molecular formula is C12H17BrClF3N2O2S. The van der Waals surface area contributed by atoms with Gasteiger partial charge >= 0.3 is 6.18 Å². The second kappa shape index (κ2) is 8.49. The molecule has 1 atom stereocenters. The van der Waals surface area contributed by atoms with Crippen LogP contribution < -0.4 is 10.0 Å². The van der Waals surface area contributed by atoms with Crippen LogP contribution >= 0.6 is 28.3 Å². The highest BCUT2D eigenvalue weighted by Crippen LogP contribution is 2.33. The molecule has 0 aliphatic heterocycles. The van der Waals surface area contributed by atoms with E-state index >= 15 is 0 Å². The Morgan fingerprint density at radius 1 is 1.27 bits per heavy atom. The predicted molar refractivity (Wildman–Crippen MR) is 84.7 cm³/mol. The molecule has 0 aromatic heterocycles. The first kappa shape index (κ1) is 21.6. The van der Waals surface area contributed by atoms with Crippen molar-refractivity contribution in [3.05, 3.63) is 28.2 Å². The largest absolute Gasteiger partial charge is 0.416 e. The van der Waals surface area contributed by atoms with Crippen molar-refractivity contribution in [2.45, 2.75) is 31.0 Å². The number of likely N-dealkylation sites (N-methyl/N-ethyl adjacent to an activating group) is 1. The van der Waals surface area contributed by atoms with Crippen molar-refractivity contribution in [2.24, 2.45) is 0 Å². The monoisotopic (exact) mass is 424 g/mol. The fourth-order valence-electron chi connectivity index (χ4n) is 1.62. The van der Waals surface area contributed by atoms with Gasteiger partial charge in [0, 0.05) is 17.1 Å². The number of halogens is 5. The van der Waals surface area contributed by atoms with E-state index < -0.39 is 26.7 Å². The van der Waals surface area contributed by atoms with E-state index in [4.69, 9.17) is 0 Å². The SMILES string of the molecule is CCN[C@H](C)CNS(=O)(=O)c1cc(Br)cc(C(F)(F)F)c1.Cl. The first-order valence-corrected chi connectivity index (χ1v) is 8.44. The van der Waals surface area contributed by atoms with Crippen LogP contribution in [0.4, 0.5) is 13.2 Å². The highest BCUT2D eigenvalue weighted by Gasteiger charge is 2.32. The molecule has 0 spiro atoms. The smallest absolute Gasteiger partial charge is 0.313 e. The lowest BCUT2D eigenvalue weighted by Crippen LogP contribution is -2.38. The van der Waals surface area contributed by atoms with E-state index in [0.29, 0.717) is 12.6 Å². The first-order chi connectivity index (χ1) is 9.56. The lowest BCUT2D eigenvalue weighted by Gasteiger charge is -2.15. The molecule has 0 aliphatic rings. The van der Waals surface area contributed by atoms with Crippen molar-refractivity contribution in [2.75, 3.05) is 13.1 Å². The van der Waals surface area contributed by atoms with Crippen LogP contribution in [0.2, 0.25) is 0 Å². The Hall–Kier alpha value is -0.350. The van der Waals surface area contributed by atoms with Crippen molar-refractivity contribution >= 4 is 38.4 Å². The average molecular weight is 426 g/mol. The predicted octanol–water partition coefficient (Wildman–Crippen LogP) is 3.17. The molecule has 0 unspecified atom stereocenters. The number of nitrogens with one attached hydrogen (secondary N) is 2. The number of benzene rings is 1. The van der Waals surface area contributed by atoms with Crippen LogP contribution in [0.25, 0.3) is 0 Å². The summed E-state index contributed by atoms with van der Waals surface area (Å²) in [5.74, 6) is 0. The number of sulfonamides is 1. The van der Waals surface area contributed by atoms with Crippen molar-refractivity contribution in [1.29, 1.82) is 0 Å². The molecule has 1 aromatic rings. The number of hydrogen-bond acceptors (Lipinski definition) is 3. The average Bonchev–Trinajstić information content (AvgIpc) is 2.35. The minimum Gasteiger partial charge on any atom is -0.313 e. The van der Waals surface area contributed by atoms with Crippen molar-refractivity contribution in [1.82, 2.24) is 10.0 Å². The van der Waals surface area contributed by atoms with Crippen LogP contribution in [0.1, 0.15) is 19.4 Å². The van der Waals surface area contributed by atoms with Gasteiger partial charge in [0.15, 0.2) is 0 Å². The van der Waals surface area contributed by atoms with E-state index in [1.807, 2.05) is 6.92 Å². The molecule has 0 heterocycles. The molecule has 0 fully saturated rings. The third-order valence-electron chi connectivity index (χ3n) is 2.64. The molecule has 0 radical (unpaired) electrons. The Bertz CT molecular complexity index is 597. The molecule has 0 saturated carbocycles. The first-order valence-electron chi connectivity index (χ1n) is 6.17. The zero-order chi connectivity index (χ0) is 16.3. The summed E-state index contributed by atoms with van der Waals surface area (Å²) in [7, 11) is -4.00. The molecule has 10 heteroatoms. The molecule has 4 nitrogen and oxygen atoms in total. The van der Waals surface area contributed by atoms with Crippen LogP contribution in [0.5, 0.6) is 0 Å². The Balaban J connectivity index is 0.00000441. The van der Waals surface area contributed by atoms with Gasteiger partial charge < -0.3 is 5.32 Å². The Morgan fingerprint density at radius 2 is 1.86 bits per heavy atom. The molecule has 0 saturated heterocycles. The van der Waals surface area contributed by atoms with Crippen LogP contribution in [-0.2, 0) is 16.2 Å². The van der Waals surface area contributed by atoms with Gasteiger partial charge in [-0.05, 0) is 31.7 Å². The summed E-state index contributed by atoms with van der Waals surface area (Å²) >= 11 is 2.90. The summed E-state index contributed by atoms with van der Waals surface area (Å²) in [5, 5.41) is 3.00. The summed E-state index contributed by atoms with van der Waals surface area (Å²) in [6.45, 7) is 4.39.